The van der Waals surface area contributed by atoms with Crippen molar-refractivity contribution >= 4 is 11.8 Å². The fourth-order valence-corrected chi connectivity index (χ4v) is 2.48. The molecule has 0 saturated heterocycles. The molecule has 0 saturated carbocycles. The second-order valence-electron chi connectivity index (χ2n) is 5.52. The van der Waals surface area contributed by atoms with Crippen LogP contribution in [0, 0.1) is 11.8 Å². The van der Waals surface area contributed by atoms with Crippen LogP contribution in [0.4, 0.5) is 0 Å². The van der Waals surface area contributed by atoms with Gasteiger partial charge in [0.15, 0.2) is 0 Å². The van der Waals surface area contributed by atoms with Gasteiger partial charge in [-0.25, -0.2) is 0 Å². The maximum atomic E-state index is 11.2. The summed E-state index contributed by atoms with van der Waals surface area (Å²) >= 11 is 0. The lowest BCUT2D eigenvalue weighted by molar-refractivity contribution is -0.151. The van der Waals surface area contributed by atoms with Gasteiger partial charge in [-0.1, -0.05) is 32.4 Å². The molecule has 3 atom stereocenters. The van der Waals surface area contributed by atoms with Crippen LogP contribution in [0.2, 0.25) is 0 Å². The Hall–Kier alpha value is -1.12. The fraction of sp³-hybridized carbons (Fsp3) is 0.750. The average molecular weight is 266 g/mol. The standard InChI is InChI=1S/C16H26O3/c1-4-15(18)11-6-5-8-12(2)16(19-13(3)17)14-9-7-10-14/h7,9,12,14,16H,4-6,8,10-11H2,1-3H3. The maximum Gasteiger partial charge on any atom is 0.302 e. The molecule has 3 unspecified atom stereocenters. The van der Waals surface area contributed by atoms with E-state index in [2.05, 4.69) is 19.1 Å². The molecule has 3 nitrogen and oxygen atoms in total. The molecule has 0 radical (unpaired) electrons. The first-order valence-corrected chi connectivity index (χ1v) is 7.40. The Morgan fingerprint density at radius 2 is 2.05 bits per heavy atom. The monoisotopic (exact) mass is 266 g/mol. The third-order valence-corrected chi connectivity index (χ3v) is 3.84. The number of unbranched alkanes of at least 4 members (excludes halogenated alkanes) is 1. The van der Waals surface area contributed by atoms with Gasteiger partial charge in [0.05, 0.1) is 0 Å². The Kier molecular flexibility index (Phi) is 6.82. The topological polar surface area (TPSA) is 43.4 Å². The number of Topliss-reactive ketones (excluding diaryl/α,β-unsaturated/α-hetero) is 1. The van der Waals surface area contributed by atoms with Crippen LogP contribution in [0.3, 0.4) is 0 Å². The highest BCUT2D eigenvalue weighted by Gasteiger charge is 2.29. The highest BCUT2D eigenvalue weighted by atomic mass is 16.5. The Morgan fingerprint density at radius 1 is 1.37 bits per heavy atom. The van der Waals surface area contributed by atoms with E-state index in [1.807, 2.05) is 6.92 Å². The molecule has 1 rings (SSSR count). The van der Waals surface area contributed by atoms with Crippen LogP contribution in [0.5, 0.6) is 0 Å². The number of hydrogen-bond donors (Lipinski definition) is 0. The summed E-state index contributed by atoms with van der Waals surface area (Å²) < 4.78 is 5.46. The van der Waals surface area contributed by atoms with Gasteiger partial charge < -0.3 is 4.74 Å². The van der Waals surface area contributed by atoms with Crippen LogP contribution in [-0.2, 0) is 14.3 Å². The number of allylic oxidation sites excluding steroid dienone is 1. The molecular weight excluding hydrogens is 240 g/mol. The molecule has 108 valence electrons. The van der Waals surface area contributed by atoms with Gasteiger partial charge in [0.2, 0.25) is 0 Å². The van der Waals surface area contributed by atoms with Crippen molar-refractivity contribution < 1.29 is 14.3 Å². The Labute approximate surface area is 116 Å². The van der Waals surface area contributed by atoms with Gasteiger partial charge in [0.25, 0.3) is 0 Å². The number of rotatable bonds is 9. The zero-order valence-corrected chi connectivity index (χ0v) is 12.4. The molecule has 0 aliphatic heterocycles. The van der Waals surface area contributed by atoms with Crippen LogP contribution in [0.25, 0.3) is 0 Å². The van der Waals surface area contributed by atoms with Gasteiger partial charge in [0, 0.05) is 25.7 Å². The molecule has 0 spiro atoms. The molecule has 1 aliphatic carbocycles. The predicted octanol–water partition coefficient (Wildman–Crippen LogP) is 3.67. The Balaban J connectivity index is 2.31. The highest BCUT2D eigenvalue weighted by Crippen LogP contribution is 2.30. The van der Waals surface area contributed by atoms with E-state index in [1.54, 1.807) is 0 Å². The minimum atomic E-state index is -0.196. The number of carbonyl (C=O) groups excluding carboxylic acids is 2. The second-order valence-corrected chi connectivity index (χ2v) is 5.52. The number of hydrogen-bond acceptors (Lipinski definition) is 3. The first kappa shape index (κ1) is 15.9. The molecule has 0 fully saturated rings. The van der Waals surface area contributed by atoms with E-state index in [0.29, 0.717) is 30.5 Å². The Morgan fingerprint density at radius 3 is 2.53 bits per heavy atom. The van der Waals surface area contributed by atoms with Crippen molar-refractivity contribution in [3.05, 3.63) is 12.2 Å². The molecule has 0 heterocycles. The van der Waals surface area contributed by atoms with Crippen molar-refractivity contribution in [3.8, 4) is 0 Å². The fourth-order valence-electron chi connectivity index (χ4n) is 2.48. The Bertz CT molecular complexity index is 333. The zero-order valence-electron chi connectivity index (χ0n) is 12.4. The number of ketones is 1. The quantitative estimate of drug-likeness (QED) is 0.363. The second kappa shape index (κ2) is 8.13. The SMILES string of the molecule is CCC(=O)CCCCC(C)C(OC(C)=O)C1C=CC1. The van der Waals surface area contributed by atoms with Crippen molar-refractivity contribution in [1.29, 1.82) is 0 Å². The minimum Gasteiger partial charge on any atom is -0.462 e. The van der Waals surface area contributed by atoms with E-state index in [0.717, 1.165) is 25.7 Å². The maximum absolute atomic E-state index is 11.2. The first-order chi connectivity index (χ1) is 9.04. The summed E-state index contributed by atoms with van der Waals surface area (Å²) in [7, 11) is 0. The predicted molar refractivity (Wildman–Crippen MR) is 75.7 cm³/mol. The summed E-state index contributed by atoms with van der Waals surface area (Å²) in [5.41, 5.74) is 0. The number of ether oxygens (including phenoxy) is 1. The third kappa shape index (κ3) is 5.58. The van der Waals surface area contributed by atoms with Gasteiger partial charge in [0.1, 0.15) is 11.9 Å². The van der Waals surface area contributed by atoms with E-state index in [-0.39, 0.29) is 12.1 Å². The van der Waals surface area contributed by atoms with Crippen molar-refractivity contribution in [1.82, 2.24) is 0 Å². The molecule has 1 aliphatic rings. The summed E-state index contributed by atoms with van der Waals surface area (Å²) in [5.74, 6) is 0.885. The van der Waals surface area contributed by atoms with Crippen molar-refractivity contribution in [2.75, 3.05) is 0 Å². The molecular formula is C16H26O3. The van der Waals surface area contributed by atoms with Crippen LogP contribution in [0.15, 0.2) is 12.2 Å². The van der Waals surface area contributed by atoms with Gasteiger partial charge in [-0.3, -0.25) is 9.59 Å². The smallest absolute Gasteiger partial charge is 0.302 e. The molecule has 0 aromatic rings. The lowest BCUT2D eigenvalue weighted by atomic mass is 9.81. The molecule has 0 bridgehead atoms. The van der Waals surface area contributed by atoms with E-state index in [9.17, 15) is 9.59 Å². The van der Waals surface area contributed by atoms with E-state index in [4.69, 9.17) is 4.74 Å². The van der Waals surface area contributed by atoms with E-state index >= 15 is 0 Å². The van der Waals surface area contributed by atoms with Crippen LogP contribution in [-0.4, -0.2) is 17.9 Å². The molecule has 0 aromatic carbocycles. The van der Waals surface area contributed by atoms with Crippen molar-refractivity contribution in [3.63, 3.8) is 0 Å². The lowest BCUT2D eigenvalue weighted by Gasteiger charge is -2.32. The largest absolute Gasteiger partial charge is 0.462 e. The first-order valence-electron chi connectivity index (χ1n) is 7.40. The van der Waals surface area contributed by atoms with Crippen LogP contribution < -0.4 is 0 Å². The van der Waals surface area contributed by atoms with Crippen molar-refractivity contribution in [2.24, 2.45) is 11.8 Å². The summed E-state index contributed by atoms with van der Waals surface area (Å²) in [6.45, 7) is 5.52. The molecule has 0 aromatic heterocycles. The molecule has 0 N–H and O–H groups in total. The summed E-state index contributed by atoms with van der Waals surface area (Å²) in [6.07, 6.45) is 9.58. The van der Waals surface area contributed by atoms with Crippen LogP contribution in [0.1, 0.15) is 59.3 Å². The average Bonchev–Trinajstić information content (AvgIpc) is 2.30. The van der Waals surface area contributed by atoms with Crippen LogP contribution >= 0.6 is 0 Å². The molecule has 19 heavy (non-hydrogen) atoms. The summed E-state index contributed by atoms with van der Waals surface area (Å²) in [6, 6.07) is 0. The van der Waals surface area contributed by atoms with Gasteiger partial charge in [-0.15, -0.1) is 0 Å². The van der Waals surface area contributed by atoms with Gasteiger partial charge >= 0.3 is 5.97 Å². The molecule has 0 amide bonds. The normalized spacial score (nSPS) is 20.5. The van der Waals surface area contributed by atoms with E-state index < -0.39 is 0 Å². The van der Waals surface area contributed by atoms with Crippen molar-refractivity contribution in [2.45, 2.75) is 65.4 Å². The van der Waals surface area contributed by atoms with Gasteiger partial charge in [-0.05, 0) is 25.2 Å². The lowest BCUT2D eigenvalue weighted by Crippen LogP contribution is -2.33. The third-order valence-electron chi connectivity index (χ3n) is 3.84. The summed E-state index contributed by atoms with van der Waals surface area (Å²) in [5, 5.41) is 0. The molecule has 3 heteroatoms. The zero-order chi connectivity index (χ0) is 14.3. The highest BCUT2D eigenvalue weighted by molar-refractivity contribution is 5.77. The minimum absolute atomic E-state index is 0.00405. The number of esters is 1. The summed E-state index contributed by atoms with van der Waals surface area (Å²) in [4.78, 5) is 22.4. The van der Waals surface area contributed by atoms with E-state index in [1.165, 1.54) is 6.92 Å². The number of carbonyl (C=O) groups is 2. The van der Waals surface area contributed by atoms with Gasteiger partial charge in [-0.2, -0.15) is 0 Å².